The van der Waals surface area contributed by atoms with Gasteiger partial charge in [0.25, 0.3) is 0 Å². The molecule has 0 amide bonds. The Bertz CT molecular complexity index is 1260. The second kappa shape index (κ2) is 7.23. The van der Waals surface area contributed by atoms with Gasteiger partial charge in [0.05, 0.1) is 6.04 Å². The molecular weight excluding hydrogens is 380 g/mol. The third-order valence-electron chi connectivity index (χ3n) is 5.69. The lowest BCUT2D eigenvalue weighted by Gasteiger charge is -2.29. The molecule has 2 unspecified atom stereocenters. The van der Waals surface area contributed by atoms with E-state index in [4.69, 9.17) is 21.0 Å². The molecule has 0 radical (unpaired) electrons. The van der Waals surface area contributed by atoms with Gasteiger partial charge in [0, 0.05) is 28.3 Å². The number of fused-ring (bicyclic) bond motifs is 4. The Kier molecular flexibility index (Phi) is 4.56. The summed E-state index contributed by atoms with van der Waals surface area (Å²) in [6.07, 6.45) is 16.8. The van der Waals surface area contributed by atoms with Crippen molar-refractivity contribution < 1.29 is 4.42 Å². The zero-order valence-electron chi connectivity index (χ0n) is 16.6. The number of halogens is 1. The molecule has 0 N–H and O–H groups in total. The average molecular weight is 403 g/mol. The van der Waals surface area contributed by atoms with Crippen molar-refractivity contribution in [3.8, 4) is 0 Å². The smallest absolute Gasteiger partial charge is 0.151 e. The standard InChI is InChI=1S/C25H23ClN2O/c1-3-8-16(9-4-2)24-25(18-11-7-12-20(18)26)28-15-22-19(14-23(28)27-24)17-10-5-6-13-21(17)29-22/h3,5-11,13-15,24-25H,4,12H2,1-2H3/b8-3-,16-9+. The molecule has 1 aliphatic carbocycles. The molecule has 0 saturated heterocycles. The summed E-state index contributed by atoms with van der Waals surface area (Å²) in [6, 6.07) is 8.18. The highest BCUT2D eigenvalue weighted by Gasteiger charge is 2.40. The number of nitrogens with zero attached hydrogens (tertiary/aromatic N) is 2. The summed E-state index contributed by atoms with van der Waals surface area (Å²) in [4.78, 5) is 7.39. The molecule has 3 heterocycles. The van der Waals surface area contributed by atoms with Crippen LogP contribution >= 0.6 is 11.6 Å². The van der Waals surface area contributed by atoms with E-state index in [1.807, 2.05) is 18.2 Å². The first-order valence-electron chi connectivity index (χ1n) is 10.2. The first-order valence-corrected chi connectivity index (χ1v) is 10.5. The number of rotatable bonds is 4. The van der Waals surface area contributed by atoms with Gasteiger partial charge in [-0.05, 0) is 36.6 Å². The van der Waals surface area contributed by atoms with Crippen LogP contribution in [0.2, 0.25) is 0 Å². The van der Waals surface area contributed by atoms with Crippen molar-refractivity contribution in [2.75, 3.05) is 0 Å². The molecular formula is C25H23ClN2O. The van der Waals surface area contributed by atoms with E-state index in [9.17, 15) is 0 Å². The van der Waals surface area contributed by atoms with Crippen molar-refractivity contribution in [1.29, 1.82) is 0 Å². The fourth-order valence-corrected chi connectivity index (χ4v) is 4.73. The van der Waals surface area contributed by atoms with Gasteiger partial charge in [0.15, 0.2) is 5.42 Å². The Hall–Kier alpha value is -2.78. The number of hydrogen-bond acceptors (Lipinski definition) is 3. The minimum atomic E-state index is -0.00424. The minimum absolute atomic E-state index is 0.00424. The fraction of sp³-hybridized carbons (Fsp3) is 0.240. The third-order valence-corrected chi connectivity index (χ3v) is 6.07. The molecule has 5 rings (SSSR count). The number of hydrogen-bond donors (Lipinski definition) is 0. The lowest BCUT2D eigenvalue weighted by molar-refractivity contribution is 0.474. The molecule has 4 heteroatoms. The van der Waals surface area contributed by atoms with Crippen molar-refractivity contribution in [3.05, 3.63) is 81.5 Å². The van der Waals surface area contributed by atoms with E-state index in [0.717, 1.165) is 50.9 Å². The van der Waals surface area contributed by atoms with Crippen LogP contribution in [0.1, 0.15) is 26.7 Å². The van der Waals surface area contributed by atoms with Crippen molar-refractivity contribution in [2.24, 2.45) is 4.99 Å². The Morgan fingerprint density at radius 1 is 1.34 bits per heavy atom. The molecule has 2 atom stereocenters. The normalized spacial score (nSPS) is 23.5. The molecule has 29 heavy (non-hydrogen) atoms. The second-order valence-electron chi connectivity index (χ2n) is 7.51. The van der Waals surface area contributed by atoms with Crippen LogP contribution in [0.5, 0.6) is 0 Å². The monoisotopic (exact) mass is 402 g/mol. The summed E-state index contributed by atoms with van der Waals surface area (Å²) in [5.41, 5.74) is 4.15. The average Bonchev–Trinajstić information content (AvgIpc) is 3.40. The molecule has 0 spiro atoms. The van der Waals surface area contributed by atoms with Gasteiger partial charge in [-0.3, -0.25) is 4.99 Å². The van der Waals surface area contributed by atoms with Crippen LogP contribution in [0.4, 0.5) is 0 Å². The third kappa shape index (κ3) is 2.92. The molecule has 0 bridgehead atoms. The zero-order chi connectivity index (χ0) is 20.0. The van der Waals surface area contributed by atoms with E-state index in [-0.39, 0.29) is 12.1 Å². The van der Waals surface area contributed by atoms with E-state index in [1.54, 1.807) is 0 Å². The Labute approximate surface area is 175 Å². The van der Waals surface area contributed by atoms with E-state index >= 15 is 0 Å². The largest absolute Gasteiger partial charge is 0.455 e. The number of amidine groups is 1. The van der Waals surface area contributed by atoms with Gasteiger partial charge in [0.2, 0.25) is 0 Å². The SMILES string of the molecule is C/C=C\C(=C/CC)C1N=C2C=c3c(oc4ccccc34)=CN2C1C1=C(Cl)CC=C1. The Morgan fingerprint density at radius 2 is 2.21 bits per heavy atom. The second-order valence-corrected chi connectivity index (χ2v) is 7.97. The van der Waals surface area contributed by atoms with Crippen LogP contribution in [0.15, 0.2) is 80.2 Å². The van der Waals surface area contributed by atoms with Crippen LogP contribution in [-0.2, 0) is 0 Å². The summed E-state index contributed by atoms with van der Waals surface area (Å²) >= 11 is 6.63. The first-order chi connectivity index (χ1) is 14.2. The van der Waals surface area contributed by atoms with Gasteiger partial charge in [-0.25, -0.2) is 0 Å². The van der Waals surface area contributed by atoms with Gasteiger partial charge in [-0.2, -0.15) is 0 Å². The number of aliphatic imine (C=N–C) groups is 1. The number of benzene rings is 1. The van der Waals surface area contributed by atoms with Crippen LogP contribution < -0.4 is 10.6 Å². The molecule has 3 aliphatic rings. The maximum Gasteiger partial charge on any atom is 0.151 e. The van der Waals surface area contributed by atoms with E-state index < -0.39 is 0 Å². The number of furan rings is 1. The Morgan fingerprint density at radius 3 is 2.97 bits per heavy atom. The number of para-hydroxylation sites is 1. The van der Waals surface area contributed by atoms with Crippen LogP contribution in [0.3, 0.4) is 0 Å². The van der Waals surface area contributed by atoms with Gasteiger partial charge in [-0.1, -0.05) is 67.1 Å². The lowest BCUT2D eigenvalue weighted by Crippen LogP contribution is -2.42. The minimum Gasteiger partial charge on any atom is -0.455 e. The molecule has 3 nitrogen and oxygen atoms in total. The summed E-state index contributed by atoms with van der Waals surface area (Å²) < 4.78 is 6.15. The van der Waals surface area contributed by atoms with Crippen molar-refractivity contribution in [2.45, 2.75) is 38.8 Å². The van der Waals surface area contributed by atoms with Crippen molar-refractivity contribution in [1.82, 2.24) is 4.90 Å². The predicted molar refractivity (Wildman–Crippen MR) is 121 cm³/mol. The molecule has 146 valence electrons. The van der Waals surface area contributed by atoms with E-state index in [1.165, 1.54) is 5.57 Å². The number of allylic oxidation sites excluding steroid dienone is 4. The summed E-state index contributed by atoms with van der Waals surface area (Å²) in [6.45, 7) is 4.21. The van der Waals surface area contributed by atoms with Gasteiger partial charge in [-0.15, -0.1) is 0 Å². The molecule has 0 saturated carbocycles. The maximum atomic E-state index is 6.63. The van der Waals surface area contributed by atoms with Gasteiger partial charge >= 0.3 is 0 Å². The van der Waals surface area contributed by atoms with Crippen LogP contribution in [0.25, 0.3) is 23.2 Å². The summed E-state index contributed by atoms with van der Waals surface area (Å²) in [7, 11) is 0. The topological polar surface area (TPSA) is 28.7 Å². The molecule has 2 aromatic rings. The van der Waals surface area contributed by atoms with E-state index in [0.29, 0.717) is 0 Å². The van der Waals surface area contributed by atoms with Gasteiger partial charge < -0.3 is 9.32 Å². The molecule has 2 aliphatic heterocycles. The maximum absolute atomic E-state index is 6.63. The highest BCUT2D eigenvalue weighted by molar-refractivity contribution is 6.30. The van der Waals surface area contributed by atoms with Crippen LogP contribution in [-0.4, -0.2) is 22.8 Å². The Balaban J connectivity index is 1.72. The molecule has 0 fully saturated rings. The van der Waals surface area contributed by atoms with Gasteiger partial charge in [0.1, 0.15) is 17.5 Å². The quantitative estimate of drug-likeness (QED) is 0.688. The summed E-state index contributed by atoms with van der Waals surface area (Å²) in [5.74, 6) is 0.961. The van der Waals surface area contributed by atoms with Crippen molar-refractivity contribution in [3.63, 3.8) is 0 Å². The molecule has 1 aromatic heterocycles. The highest BCUT2D eigenvalue weighted by Crippen LogP contribution is 2.37. The fourth-order valence-electron chi connectivity index (χ4n) is 4.47. The zero-order valence-corrected chi connectivity index (χ0v) is 17.4. The van der Waals surface area contributed by atoms with Crippen LogP contribution in [0, 0.1) is 0 Å². The lowest BCUT2D eigenvalue weighted by atomic mass is 9.93. The summed E-state index contributed by atoms with van der Waals surface area (Å²) in [5, 5.41) is 3.12. The predicted octanol–water partition coefficient (Wildman–Crippen LogP) is 4.78. The highest BCUT2D eigenvalue weighted by atomic mass is 35.5. The first kappa shape index (κ1) is 18.3. The van der Waals surface area contributed by atoms with E-state index in [2.05, 4.69) is 67.5 Å². The molecule has 1 aromatic carbocycles. The van der Waals surface area contributed by atoms with Crippen molar-refractivity contribution >= 4 is 40.7 Å².